The second kappa shape index (κ2) is 5.13. The van der Waals surface area contributed by atoms with Crippen LogP contribution in [-0.2, 0) is 6.42 Å². The average molecular weight is 262 g/mol. The van der Waals surface area contributed by atoms with Gasteiger partial charge >= 0.3 is 0 Å². The third kappa shape index (κ3) is 3.41. The number of halogens is 1. The first-order valence-electron chi connectivity index (χ1n) is 4.57. The smallest absolute Gasteiger partial charge is 0.0701 e. The van der Waals surface area contributed by atoms with Crippen molar-refractivity contribution in [1.29, 1.82) is 0 Å². The number of hydrogen-bond acceptors (Lipinski definition) is 2. The van der Waals surface area contributed by atoms with Crippen molar-refractivity contribution >= 4 is 27.3 Å². The van der Waals surface area contributed by atoms with E-state index in [9.17, 15) is 0 Å². The molecule has 0 aliphatic heterocycles. The number of thiophene rings is 1. The summed E-state index contributed by atoms with van der Waals surface area (Å²) in [6.45, 7) is 5.26. The van der Waals surface area contributed by atoms with E-state index in [1.807, 2.05) is 11.3 Å². The summed E-state index contributed by atoms with van der Waals surface area (Å²) >= 11 is 5.28. The highest BCUT2D eigenvalue weighted by Crippen LogP contribution is 2.26. The van der Waals surface area contributed by atoms with E-state index in [2.05, 4.69) is 41.9 Å². The van der Waals surface area contributed by atoms with E-state index < -0.39 is 0 Å². The maximum absolute atomic E-state index is 5.72. The highest BCUT2D eigenvalue weighted by atomic mass is 79.9. The molecule has 1 aromatic rings. The molecule has 13 heavy (non-hydrogen) atoms. The molecule has 0 spiro atoms. The van der Waals surface area contributed by atoms with Crippen molar-refractivity contribution in [3.63, 3.8) is 0 Å². The van der Waals surface area contributed by atoms with Crippen LogP contribution in [0.2, 0.25) is 0 Å². The Morgan fingerprint density at radius 1 is 1.46 bits per heavy atom. The maximum atomic E-state index is 5.72. The summed E-state index contributed by atoms with van der Waals surface area (Å²) in [5.41, 5.74) is 5.72. The van der Waals surface area contributed by atoms with Crippen molar-refractivity contribution in [2.45, 2.75) is 20.3 Å². The summed E-state index contributed by atoms with van der Waals surface area (Å²) in [6.07, 6.45) is 1.12. The van der Waals surface area contributed by atoms with E-state index in [0.29, 0.717) is 11.8 Å². The first kappa shape index (κ1) is 11.2. The maximum Gasteiger partial charge on any atom is 0.0701 e. The van der Waals surface area contributed by atoms with Crippen molar-refractivity contribution in [3.05, 3.63) is 20.8 Å². The van der Waals surface area contributed by atoms with Gasteiger partial charge in [-0.2, -0.15) is 0 Å². The molecule has 0 aliphatic carbocycles. The largest absolute Gasteiger partial charge is 0.330 e. The predicted octanol–water partition coefficient (Wildman–Crippen LogP) is 3.28. The summed E-state index contributed by atoms with van der Waals surface area (Å²) < 4.78 is 1.21. The van der Waals surface area contributed by atoms with Gasteiger partial charge in [0.05, 0.1) is 3.79 Å². The highest BCUT2D eigenvalue weighted by molar-refractivity contribution is 9.11. The quantitative estimate of drug-likeness (QED) is 0.885. The van der Waals surface area contributed by atoms with Gasteiger partial charge in [0.2, 0.25) is 0 Å². The standard InChI is InChI=1S/C10H16BrNS/c1-7(2)8(6-12)5-9-3-4-10(11)13-9/h3-4,7-8H,5-6,12H2,1-2H3. The summed E-state index contributed by atoms with van der Waals surface area (Å²) in [7, 11) is 0. The number of nitrogens with two attached hydrogens (primary N) is 1. The zero-order chi connectivity index (χ0) is 9.84. The lowest BCUT2D eigenvalue weighted by atomic mass is 9.92. The summed E-state index contributed by atoms with van der Waals surface area (Å²) in [5, 5.41) is 0. The van der Waals surface area contributed by atoms with Gasteiger partial charge in [-0.1, -0.05) is 13.8 Å². The second-order valence-corrected chi connectivity index (χ2v) is 6.20. The van der Waals surface area contributed by atoms with Crippen LogP contribution >= 0.6 is 27.3 Å². The van der Waals surface area contributed by atoms with Crippen LogP contribution in [0.3, 0.4) is 0 Å². The van der Waals surface area contributed by atoms with Gasteiger partial charge in [-0.25, -0.2) is 0 Å². The molecule has 0 radical (unpaired) electrons. The molecule has 1 rings (SSSR count). The molecule has 2 N–H and O–H groups in total. The minimum absolute atomic E-state index is 0.616. The number of hydrogen-bond donors (Lipinski definition) is 1. The van der Waals surface area contributed by atoms with E-state index >= 15 is 0 Å². The Kier molecular flexibility index (Phi) is 4.42. The van der Waals surface area contributed by atoms with Crippen molar-refractivity contribution in [1.82, 2.24) is 0 Å². The SMILES string of the molecule is CC(C)C(CN)Cc1ccc(Br)s1. The molecular formula is C10H16BrNS. The molecule has 0 fully saturated rings. The average Bonchev–Trinajstić information content (AvgIpc) is 2.46. The van der Waals surface area contributed by atoms with Gasteiger partial charge in [0.1, 0.15) is 0 Å². The lowest BCUT2D eigenvalue weighted by Crippen LogP contribution is -2.21. The molecule has 1 aromatic heterocycles. The van der Waals surface area contributed by atoms with E-state index in [0.717, 1.165) is 13.0 Å². The van der Waals surface area contributed by atoms with Gasteiger partial charge in [0, 0.05) is 4.88 Å². The van der Waals surface area contributed by atoms with Crippen LogP contribution in [-0.4, -0.2) is 6.54 Å². The van der Waals surface area contributed by atoms with Crippen molar-refractivity contribution < 1.29 is 0 Å². The van der Waals surface area contributed by atoms with Crippen LogP contribution in [0, 0.1) is 11.8 Å². The number of rotatable bonds is 4. The van der Waals surface area contributed by atoms with Gasteiger partial charge in [-0.3, -0.25) is 0 Å². The Balaban J connectivity index is 2.56. The van der Waals surface area contributed by atoms with Crippen LogP contribution in [0.5, 0.6) is 0 Å². The summed E-state index contributed by atoms with van der Waals surface area (Å²) in [6, 6.07) is 4.29. The molecule has 74 valence electrons. The molecule has 0 bridgehead atoms. The van der Waals surface area contributed by atoms with Crippen molar-refractivity contribution in [2.75, 3.05) is 6.54 Å². The molecule has 0 aliphatic rings. The van der Waals surface area contributed by atoms with Crippen LogP contribution in [0.1, 0.15) is 18.7 Å². The first-order chi connectivity index (χ1) is 6.13. The Morgan fingerprint density at radius 2 is 2.15 bits per heavy atom. The topological polar surface area (TPSA) is 26.0 Å². The molecule has 3 heteroatoms. The van der Waals surface area contributed by atoms with E-state index in [1.165, 1.54) is 8.66 Å². The lowest BCUT2D eigenvalue weighted by Gasteiger charge is -2.17. The van der Waals surface area contributed by atoms with Gasteiger partial charge in [0.25, 0.3) is 0 Å². The highest BCUT2D eigenvalue weighted by Gasteiger charge is 2.12. The predicted molar refractivity (Wildman–Crippen MR) is 63.1 cm³/mol. The van der Waals surface area contributed by atoms with Gasteiger partial charge in [-0.05, 0) is 52.9 Å². The van der Waals surface area contributed by atoms with Crippen LogP contribution < -0.4 is 5.73 Å². The molecule has 0 saturated carbocycles. The molecule has 1 nitrogen and oxygen atoms in total. The molecule has 1 atom stereocenters. The Bertz CT molecular complexity index is 257. The Labute approximate surface area is 92.5 Å². The zero-order valence-electron chi connectivity index (χ0n) is 8.09. The van der Waals surface area contributed by atoms with Gasteiger partial charge in [-0.15, -0.1) is 11.3 Å². The van der Waals surface area contributed by atoms with Crippen molar-refractivity contribution in [3.8, 4) is 0 Å². The van der Waals surface area contributed by atoms with Crippen LogP contribution in [0.25, 0.3) is 0 Å². The summed E-state index contributed by atoms with van der Waals surface area (Å²) in [5.74, 6) is 1.29. The third-order valence-electron chi connectivity index (χ3n) is 2.34. The summed E-state index contributed by atoms with van der Waals surface area (Å²) in [4.78, 5) is 1.43. The van der Waals surface area contributed by atoms with Gasteiger partial charge in [0.15, 0.2) is 0 Å². The fourth-order valence-electron chi connectivity index (χ4n) is 1.31. The van der Waals surface area contributed by atoms with Gasteiger partial charge < -0.3 is 5.73 Å². The lowest BCUT2D eigenvalue weighted by molar-refractivity contribution is 0.394. The minimum Gasteiger partial charge on any atom is -0.330 e. The van der Waals surface area contributed by atoms with E-state index in [4.69, 9.17) is 5.73 Å². The molecule has 0 amide bonds. The Hall–Kier alpha value is 0.140. The molecule has 0 saturated heterocycles. The Morgan fingerprint density at radius 3 is 2.54 bits per heavy atom. The minimum atomic E-state index is 0.616. The zero-order valence-corrected chi connectivity index (χ0v) is 10.5. The van der Waals surface area contributed by atoms with E-state index in [1.54, 1.807) is 0 Å². The van der Waals surface area contributed by atoms with Crippen LogP contribution in [0.15, 0.2) is 15.9 Å². The second-order valence-electron chi connectivity index (χ2n) is 3.65. The monoisotopic (exact) mass is 261 g/mol. The van der Waals surface area contributed by atoms with Crippen LogP contribution in [0.4, 0.5) is 0 Å². The molecule has 1 heterocycles. The molecule has 1 unspecified atom stereocenters. The molecule has 0 aromatic carbocycles. The fraction of sp³-hybridized carbons (Fsp3) is 0.600. The molecular weight excluding hydrogens is 246 g/mol. The fourth-order valence-corrected chi connectivity index (χ4v) is 2.89. The van der Waals surface area contributed by atoms with E-state index in [-0.39, 0.29) is 0 Å². The van der Waals surface area contributed by atoms with Crippen molar-refractivity contribution in [2.24, 2.45) is 17.6 Å². The first-order valence-corrected chi connectivity index (χ1v) is 6.18. The normalized spacial score (nSPS) is 13.6. The third-order valence-corrected chi connectivity index (χ3v) is 3.98.